The van der Waals surface area contributed by atoms with Crippen LogP contribution in [0, 0.1) is 6.92 Å². The van der Waals surface area contributed by atoms with Crippen molar-refractivity contribution in [2.24, 2.45) is 0 Å². The van der Waals surface area contributed by atoms with Gasteiger partial charge in [-0.25, -0.2) is 0 Å². The maximum Gasteiger partial charge on any atom is 0.0579 e. The van der Waals surface area contributed by atoms with Crippen molar-refractivity contribution < 1.29 is 0 Å². The second-order valence-electron chi connectivity index (χ2n) is 6.74. The van der Waals surface area contributed by atoms with Crippen LogP contribution in [0.5, 0.6) is 0 Å². The maximum atomic E-state index is 3.65. The summed E-state index contributed by atoms with van der Waals surface area (Å²) in [7, 11) is 0. The van der Waals surface area contributed by atoms with E-state index in [1.165, 1.54) is 22.3 Å². The Morgan fingerprint density at radius 3 is 2.33 bits per heavy atom. The minimum absolute atomic E-state index is 0.147. The van der Waals surface area contributed by atoms with Crippen LogP contribution in [-0.4, -0.2) is 6.54 Å². The molecule has 0 saturated carbocycles. The fourth-order valence-electron chi connectivity index (χ4n) is 2.89. The van der Waals surface area contributed by atoms with Crippen molar-refractivity contribution in [1.82, 2.24) is 5.32 Å². The largest absolute Gasteiger partial charge is 0.307 e. The van der Waals surface area contributed by atoms with Crippen molar-refractivity contribution in [2.45, 2.75) is 46.1 Å². The van der Waals surface area contributed by atoms with Gasteiger partial charge in [0.1, 0.15) is 0 Å². The molecule has 2 rings (SSSR count). The third kappa shape index (κ3) is 3.74. The molecule has 2 aromatic rings. The first-order chi connectivity index (χ1) is 9.93. The zero-order valence-electron chi connectivity index (χ0n) is 13.9. The predicted molar refractivity (Wildman–Crippen MR) is 91.8 cm³/mol. The van der Waals surface area contributed by atoms with Gasteiger partial charge in [-0.2, -0.15) is 0 Å². The average Bonchev–Trinajstić information content (AvgIpc) is 2.44. The Morgan fingerprint density at radius 2 is 1.71 bits per heavy atom. The van der Waals surface area contributed by atoms with Gasteiger partial charge in [-0.15, -0.1) is 0 Å². The highest BCUT2D eigenvalue weighted by molar-refractivity contribution is 5.41. The SMILES string of the molecule is CCNC(c1cccc(C)c1)c1ccccc1C(C)(C)C. The fourth-order valence-corrected chi connectivity index (χ4v) is 2.89. The van der Waals surface area contributed by atoms with Crippen LogP contribution in [0.1, 0.15) is 56.0 Å². The lowest BCUT2D eigenvalue weighted by atomic mass is 9.80. The minimum atomic E-state index is 0.147. The Kier molecular flexibility index (Phi) is 4.84. The molecular weight excluding hydrogens is 254 g/mol. The highest BCUT2D eigenvalue weighted by Crippen LogP contribution is 2.32. The molecule has 2 aromatic carbocycles. The Balaban J connectivity index is 2.54. The van der Waals surface area contributed by atoms with Crippen LogP contribution < -0.4 is 5.32 Å². The highest BCUT2D eigenvalue weighted by atomic mass is 14.9. The van der Waals surface area contributed by atoms with Gasteiger partial charge in [-0.05, 0) is 35.6 Å². The quantitative estimate of drug-likeness (QED) is 0.832. The molecule has 112 valence electrons. The number of aryl methyl sites for hydroxylation is 1. The number of nitrogens with one attached hydrogen (secondary N) is 1. The van der Waals surface area contributed by atoms with E-state index in [2.05, 4.69) is 88.5 Å². The van der Waals surface area contributed by atoms with E-state index < -0.39 is 0 Å². The zero-order valence-corrected chi connectivity index (χ0v) is 13.9. The summed E-state index contributed by atoms with van der Waals surface area (Å²) in [5, 5.41) is 3.65. The van der Waals surface area contributed by atoms with Crippen molar-refractivity contribution >= 4 is 0 Å². The number of hydrogen-bond donors (Lipinski definition) is 1. The van der Waals surface area contributed by atoms with Crippen LogP contribution >= 0.6 is 0 Å². The molecule has 1 heteroatoms. The van der Waals surface area contributed by atoms with Crippen LogP contribution in [0.25, 0.3) is 0 Å². The lowest BCUT2D eigenvalue weighted by Gasteiger charge is -2.28. The Bertz CT molecular complexity index is 593. The number of hydrogen-bond acceptors (Lipinski definition) is 1. The van der Waals surface area contributed by atoms with Gasteiger partial charge in [0.05, 0.1) is 6.04 Å². The van der Waals surface area contributed by atoms with E-state index in [1.54, 1.807) is 0 Å². The molecule has 0 aliphatic rings. The van der Waals surface area contributed by atoms with Gasteiger partial charge >= 0.3 is 0 Å². The molecule has 0 spiro atoms. The lowest BCUT2D eigenvalue weighted by Crippen LogP contribution is -2.26. The molecule has 21 heavy (non-hydrogen) atoms. The number of rotatable bonds is 4. The van der Waals surface area contributed by atoms with Crippen LogP contribution in [0.4, 0.5) is 0 Å². The first-order valence-electron chi connectivity index (χ1n) is 7.83. The van der Waals surface area contributed by atoms with Gasteiger partial charge in [-0.1, -0.05) is 81.8 Å². The van der Waals surface area contributed by atoms with Gasteiger partial charge < -0.3 is 5.32 Å². The molecule has 0 aromatic heterocycles. The third-order valence-electron chi connectivity index (χ3n) is 3.86. The summed E-state index contributed by atoms with van der Waals surface area (Å²) in [4.78, 5) is 0. The summed E-state index contributed by atoms with van der Waals surface area (Å²) in [5.41, 5.74) is 5.60. The molecule has 0 saturated heterocycles. The monoisotopic (exact) mass is 281 g/mol. The van der Waals surface area contributed by atoms with Gasteiger partial charge in [-0.3, -0.25) is 0 Å². The van der Waals surface area contributed by atoms with Gasteiger partial charge in [0.25, 0.3) is 0 Å². The summed E-state index contributed by atoms with van der Waals surface area (Å²) < 4.78 is 0. The van der Waals surface area contributed by atoms with E-state index in [0.717, 1.165) is 6.54 Å². The molecule has 0 radical (unpaired) electrons. The van der Waals surface area contributed by atoms with E-state index in [1.807, 2.05) is 0 Å². The molecule has 0 amide bonds. The molecule has 0 aliphatic carbocycles. The van der Waals surface area contributed by atoms with E-state index in [-0.39, 0.29) is 11.5 Å². The lowest BCUT2D eigenvalue weighted by molar-refractivity contribution is 0.557. The Hall–Kier alpha value is -1.60. The molecule has 0 fully saturated rings. The van der Waals surface area contributed by atoms with Crippen LogP contribution in [0.15, 0.2) is 48.5 Å². The topological polar surface area (TPSA) is 12.0 Å². The van der Waals surface area contributed by atoms with E-state index in [4.69, 9.17) is 0 Å². The standard InChI is InChI=1S/C20H27N/c1-6-21-19(16-11-9-10-15(2)14-16)17-12-7-8-13-18(17)20(3,4)5/h7-14,19,21H,6H2,1-5H3. The van der Waals surface area contributed by atoms with Gasteiger partial charge in [0.15, 0.2) is 0 Å². The van der Waals surface area contributed by atoms with Crippen LogP contribution in [0.3, 0.4) is 0 Å². The molecule has 0 bridgehead atoms. The van der Waals surface area contributed by atoms with Gasteiger partial charge in [0.2, 0.25) is 0 Å². The maximum absolute atomic E-state index is 3.65. The minimum Gasteiger partial charge on any atom is -0.307 e. The van der Waals surface area contributed by atoms with E-state index in [0.29, 0.717) is 0 Å². The predicted octanol–water partition coefficient (Wildman–Crippen LogP) is 4.99. The Labute approximate surface area is 129 Å². The molecule has 1 nitrogen and oxygen atoms in total. The number of benzene rings is 2. The normalized spacial score (nSPS) is 13.2. The second kappa shape index (κ2) is 6.44. The van der Waals surface area contributed by atoms with Crippen molar-refractivity contribution in [3.8, 4) is 0 Å². The van der Waals surface area contributed by atoms with Crippen molar-refractivity contribution in [1.29, 1.82) is 0 Å². The molecule has 1 atom stereocenters. The first kappa shape index (κ1) is 15.8. The second-order valence-corrected chi connectivity index (χ2v) is 6.74. The summed E-state index contributed by atoms with van der Waals surface area (Å²) in [6.45, 7) is 12.1. The first-order valence-corrected chi connectivity index (χ1v) is 7.83. The summed E-state index contributed by atoms with van der Waals surface area (Å²) >= 11 is 0. The van der Waals surface area contributed by atoms with Crippen LogP contribution in [-0.2, 0) is 5.41 Å². The molecule has 0 aliphatic heterocycles. The van der Waals surface area contributed by atoms with Crippen molar-refractivity contribution in [2.75, 3.05) is 6.54 Å². The zero-order chi connectivity index (χ0) is 15.5. The summed E-state index contributed by atoms with van der Waals surface area (Å²) in [6.07, 6.45) is 0. The van der Waals surface area contributed by atoms with E-state index >= 15 is 0 Å². The van der Waals surface area contributed by atoms with Crippen LogP contribution in [0.2, 0.25) is 0 Å². The van der Waals surface area contributed by atoms with Crippen molar-refractivity contribution in [3.05, 3.63) is 70.8 Å². The summed E-state index contributed by atoms with van der Waals surface area (Å²) in [6, 6.07) is 17.9. The highest BCUT2D eigenvalue weighted by Gasteiger charge is 2.23. The van der Waals surface area contributed by atoms with E-state index in [9.17, 15) is 0 Å². The molecule has 1 N–H and O–H groups in total. The average molecular weight is 281 g/mol. The molecule has 1 unspecified atom stereocenters. The Morgan fingerprint density at radius 1 is 1.00 bits per heavy atom. The third-order valence-corrected chi connectivity index (χ3v) is 3.86. The molecule has 0 heterocycles. The van der Waals surface area contributed by atoms with Crippen molar-refractivity contribution in [3.63, 3.8) is 0 Å². The molecular formula is C20H27N. The smallest absolute Gasteiger partial charge is 0.0579 e. The van der Waals surface area contributed by atoms with Gasteiger partial charge in [0, 0.05) is 0 Å². The summed E-state index contributed by atoms with van der Waals surface area (Å²) in [5.74, 6) is 0. The fraction of sp³-hybridized carbons (Fsp3) is 0.400.